The van der Waals surface area contributed by atoms with Gasteiger partial charge in [0.05, 0.1) is 13.0 Å². The molecule has 0 radical (unpaired) electrons. The van der Waals surface area contributed by atoms with Gasteiger partial charge in [-0.3, -0.25) is 14.5 Å². The van der Waals surface area contributed by atoms with Crippen molar-refractivity contribution in [2.24, 2.45) is 0 Å². The van der Waals surface area contributed by atoms with E-state index in [9.17, 15) is 14.4 Å². The van der Waals surface area contributed by atoms with Crippen LogP contribution in [0.25, 0.3) is 11.1 Å². The average Bonchev–Trinajstić information content (AvgIpc) is 3.56. The van der Waals surface area contributed by atoms with Crippen LogP contribution in [0.5, 0.6) is 0 Å². The van der Waals surface area contributed by atoms with E-state index in [0.29, 0.717) is 23.7 Å². The molecule has 1 aromatic heterocycles. The molecular weight excluding hydrogens is 546 g/mol. The molecular formula is C34H35N3O4S. The van der Waals surface area contributed by atoms with E-state index in [1.807, 2.05) is 53.9 Å². The number of benzene rings is 3. The largest absolute Gasteiger partial charge is 0.481 e. The predicted octanol–water partition coefficient (Wildman–Crippen LogP) is 7.91. The van der Waals surface area contributed by atoms with E-state index in [0.717, 1.165) is 22.4 Å². The Morgan fingerprint density at radius 1 is 0.881 bits per heavy atom. The molecule has 1 aliphatic rings. The maximum Gasteiger partial charge on any atom is 0.326 e. The Kier molecular flexibility index (Phi) is 9.66. The van der Waals surface area contributed by atoms with Gasteiger partial charge in [-0.25, -0.2) is 4.79 Å². The summed E-state index contributed by atoms with van der Waals surface area (Å²) in [6, 6.07) is 25.0. The summed E-state index contributed by atoms with van der Waals surface area (Å²) in [5.41, 5.74) is 6.25. The molecule has 8 heteroatoms. The highest BCUT2D eigenvalue weighted by Crippen LogP contribution is 2.34. The van der Waals surface area contributed by atoms with Gasteiger partial charge in [-0.15, -0.1) is 0 Å². The van der Waals surface area contributed by atoms with E-state index in [2.05, 4.69) is 34.2 Å². The monoisotopic (exact) mass is 581 g/mol. The molecule has 1 saturated carbocycles. The molecule has 3 aromatic carbocycles. The van der Waals surface area contributed by atoms with Crippen molar-refractivity contribution in [1.82, 2.24) is 5.32 Å². The molecule has 216 valence electrons. The Bertz CT molecular complexity index is 1490. The molecule has 42 heavy (non-hydrogen) atoms. The fourth-order valence-electron chi connectivity index (χ4n) is 5.37. The van der Waals surface area contributed by atoms with Crippen molar-refractivity contribution < 1.29 is 19.5 Å². The zero-order valence-electron chi connectivity index (χ0n) is 23.4. The molecule has 4 aromatic rings. The number of aliphatic carboxylic acids is 1. The normalized spacial score (nSPS) is 13.3. The number of carbonyl (C=O) groups excluding carboxylic acids is 2. The lowest BCUT2D eigenvalue weighted by Crippen LogP contribution is -2.34. The molecule has 0 unspecified atom stereocenters. The van der Waals surface area contributed by atoms with Crippen molar-refractivity contribution >= 4 is 40.6 Å². The number of carboxylic acids is 1. The first-order valence-electron chi connectivity index (χ1n) is 14.4. The number of amides is 3. The Balaban J connectivity index is 1.34. The van der Waals surface area contributed by atoms with Crippen LogP contribution in [0.4, 0.5) is 16.2 Å². The first kappa shape index (κ1) is 29.1. The number of urea groups is 1. The van der Waals surface area contributed by atoms with Gasteiger partial charge in [0.1, 0.15) is 0 Å². The Morgan fingerprint density at radius 2 is 1.64 bits per heavy atom. The summed E-state index contributed by atoms with van der Waals surface area (Å²) in [6.07, 6.45) is 6.11. The molecule has 3 amide bonds. The molecule has 5 rings (SSSR count). The van der Waals surface area contributed by atoms with Gasteiger partial charge in [-0.2, -0.15) is 11.3 Å². The maximum absolute atomic E-state index is 13.8. The fraction of sp³-hybridized carbons (Fsp3) is 0.265. The van der Waals surface area contributed by atoms with Gasteiger partial charge in [0.2, 0.25) is 0 Å². The van der Waals surface area contributed by atoms with E-state index < -0.39 is 5.97 Å². The topological polar surface area (TPSA) is 98.7 Å². The standard InChI is InChI=1S/C34H35N3O4S/c38-32(39)17-19-35-33(40)27-11-9-24(10-12-27)22-37(31-15-13-26(14-16-31)25-5-2-1-3-6-25)34(41)36-30-8-4-7-28(21-30)29-18-20-42-23-29/h4,7-16,18,20-21,23,25H,1-3,5-6,17,19,22H2,(H,35,40)(H,36,41)(H,38,39). The third-order valence-electron chi connectivity index (χ3n) is 7.68. The number of nitrogens with one attached hydrogen (secondary N) is 2. The van der Waals surface area contributed by atoms with Crippen molar-refractivity contribution in [1.29, 1.82) is 0 Å². The number of thiophene rings is 1. The molecule has 0 aliphatic heterocycles. The molecule has 0 spiro atoms. The summed E-state index contributed by atoms with van der Waals surface area (Å²) in [6.45, 7) is 0.369. The van der Waals surface area contributed by atoms with Crippen LogP contribution < -0.4 is 15.5 Å². The third-order valence-corrected chi connectivity index (χ3v) is 8.36. The summed E-state index contributed by atoms with van der Waals surface area (Å²) in [4.78, 5) is 38.6. The molecule has 1 fully saturated rings. The number of rotatable bonds is 10. The molecule has 0 bridgehead atoms. The van der Waals surface area contributed by atoms with Gasteiger partial charge in [0.15, 0.2) is 0 Å². The van der Waals surface area contributed by atoms with Crippen LogP contribution in [0.1, 0.15) is 65.9 Å². The lowest BCUT2D eigenvalue weighted by molar-refractivity contribution is -0.136. The average molecular weight is 582 g/mol. The minimum atomic E-state index is -0.964. The first-order chi connectivity index (χ1) is 20.5. The zero-order valence-corrected chi connectivity index (χ0v) is 24.2. The van der Waals surface area contributed by atoms with Crippen molar-refractivity contribution in [3.8, 4) is 11.1 Å². The van der Waals surface area contributed by atoms with Crippen molar-refractivity contribution in [3.05, 3.63) is 106 Å². The summed E-state index contributed by atoms with van der Waals surface area (Å²) in [5, 5.41) is 18.6. The Labute approximate surface area is 250 Å². The van der Waals surface area contributed by atoms with E-state index in [1.54, 1.807) is 28.4 Å². The second kappa shape index (κ2) is 14.0. The van der Waals surface area contributed by atoms with E-state index in [-0.39, 0.29) is 24.9 Å². The number of carbonyl (C=O) groups is 3. The Hall–Kier alpha value is -4.43. The zero-order chi connectivity index (χ0) is 29.3. The molecule has 3 N–H and O–H groups in total. The van der Waals surface area contributed by atoms with Crippen molar-refractivity contribution in [2.75, 3.05) is 16.8 Å². The molecule has 1 aliphatic carbocycles. The van der Waals surface area contributed by atoms with Crippen LogP contribution in [0.15, 0.2) is 89.6 Å². The molecule has 0 atom stereocenters. The second-order valence-corrected chi connectivity index (χ2v) is 11.4. The summed E-state index contributed by atoms with van der Waals surface area (Å²) in [5.74, 6) is -0.723. The fourth-order valence-corrected chi connectivity index (χ4v) is 6.03. The van der Waals surface area contributed by atoms with Crippen LogP contribution in [0.2, 0.25) is 0 Å². The summed E-state index contributed by atoms with van der Waals surface area (Å²) >= 11 is 1.63. The van der Waals surface area contributed by atoms with Crippen LogP contribution in [0, 0.1) is 0 Å². The maximum atomic E-state index is 13.8. The van der Waals surface area contributed by atoms with E-state index in [4.69, 9.17) is 5.11 Å². The first-order valence-corrected chi connectivity index (χ1v) is 15.3. The van der Waals surface area contributed by atoms with Crippen LogP contribution in [0.3, 0.4) is 0 Å². The van der Waals surface area contributed by atoms with Gasteiger partial charge in [0, 0.05) is 23.5 Å². The predicted molar refractivity (Wildman–Crippen MR) is 168 cm³/mol. The van der Waals surface area contributed by atoms with Crippen LogP contribution in [-0.2, 0) is 11.3 Å². The lowest BCUT2D eigenvalue weighted by atomic mass is 9.84. The third kappa shape index (κ3) is 7.64. The minimum Gasteiger partial charge on any atom is -0.481 e. The summed E-state index contributed by atoms with van der Waals surface area (Å²) in [7, 11) is 0. The molecule has 0 saturated heterocycles. The smallest absolute Gasteiger partial charge is 0.326 e. The number of hydrogen-bond donors (Lipinski definition) is 3. The second-order valence-electron chi connectivity index (χ2n) is 10.6. The van der Waals surface area contributed by atoms with Gasteiger partial charge >= 0.3 is 12.0 Å². The van der Waals surface area contributed by atoms with E-state index in [1.165, 1.54) is 37.7 Å². The number of nitrogens with zero attached hydrogens (tertiary/aromatic N) is 1. The quantitative estimate of drug-likeness (QED) is 0.177. The highest BCUT2D eigenvalue weighted by molar-refractivity contribution is 7.08. The summed E-state index contributed by atoms with van der Waals surface area (Å²) < 4.78 is 0. The van der Waals surface area contributed by atoms with Gasteiger partial charge in [0.25, 0.3) is 5.91 Å². The van der Waals surface area contributed by atoms with Gasteiger partial charge in [-0.05, 0) is 94.2 Å². The number of anilines is 2. The van der Waals surface area contributed by atoms with E-state index >= 15 is 0 Å². The SMILES string of the molecule is O=C(O)CCNC(=O)c1ccc(CN(C(=O)Nc2cccc(-c3ccsc3)c2)c2ccc(C3CCCCC3)cc2)cc1. The number of carboxylic acid groups (broad SMARTS) is 1. The molecule has 1 heterocycles. The minimum absolute atomic E-state index is 0.0638. The van der Waals surface area contributed by atoms with Crippen molar-refractivity contribution in [3.63, 3.8) is 0 Å². The van der Waals surface area contributed by atoms with Gasteiger partial charge in [-0.1, -0.05) is 55.7 Å². The number of hydrogen-bond acceptors (Lipinski definition) is 4. The molecule has 7 nitrogen and oxygen atoms in total. The Morgan fingerprint density at radius 3 is 2.33 bits per heavy atom. The van der Waals surface area contributed by atoms with Gasteiger partial charge < -0.3 is 15.7 Å². The van der Waals surface area contributed by atoms with Crippen LogP contribution in [-0.4, -0.2) is 29.6 Å². The highest BCUT2D eigenvalue weighted by Gasteiger charge is 2.20. The van der Waals surface area contributed by atoms with Crippen LogP contribution >= 0.6 is 11.3 Å². The highest BCUT2D eigenvalue weighted by atomic mass is 32.1. The van der Waals surface area contributed by atoms with Crippen molar-refractivity contribution in [2.45, 2.75) is 51.0 Å². The lowest BCUT2D eigenvalue weighted by Gasteiger charge is -2.26.